The Labute approximate surface area is 117 Å². The molecule has 2 rings (SSSR count). The molecule has 1 aromatic rings. The fraction of sp³-hybridized carbons (Fsp3) is 0.571. The zero-order valence-electron chi connectivity index (χ0n) is 11.6. The van der Waals surface area contributed by atoms with E-state index in [9.17, 15) is 13.2 Å². The number of alkyl halides is 3. The fourth-order valence-electron chi connectivity index (χ4n) is 2.59. The molecule has 0 aromatic heterocycles. The SMILES string of the molecule is Cc1ccc(N2CCN(CC(F)(F)F)CC2)c(CN)c1. The molecule has 0 spiro atoms. The second-order valence-electron chi connectivity index (χ2n) is 5.21. The first kappa shape index (κ1) is 15.1. The number of anilines is 1. The number of benzene rings is 1. The first-order chi connectivity index (χ1) is 9.39. The van der Waals surface area contributed by atoms with Crippen molar-refractivity contribution in [2.45, 2.75) is 19.6 Å². The summed E-state index contributed by atoms with van der Waals surface area (Å²) in [4.78, 5) is 3.57. The van der Waals surface area contributed by atoms with Gasteiger partial charge in [0.15, 0.2) is 0 Å². The zero-order chi connectivity index (χ0) is 14.8. The Morgan fingerprint density at radius 1 is 1.15 bits per heavy atom. The lowest BCUT2D eigenvalue weighted by Crippen LogP contribution is -2.49. The largest absolute Gasteiger partial charge is 0.401 e. The van der Waals surface area contributed by atoms with Crippen LogP contribution in [0.5, 0.6) is 0 Å². The lowest BCUT2D eigenvalue weighted by Gasteiger charge is -2.37. The lowest BCUT2D eigenvalue weighted by molar-refractivity contribution is -0.146. The predicted octanol–water partition coefficient (Wildman–Crippen LogP) is 2.14. The van der Waals surface area contributed by atoms with Crippen molar-refractivity contribution < 1.29 is 13.2 Å². The third kappa shape index (κ3) is 3.86. The van der Waals surface area contributed by atoms with Crippen molar-refractivity contribution in [2.24, 2.45) is 5.73 Å². The number of piperazine rings is 1. The summed E-state index contributed by atoms with van der Waals surface area (Å²) in [5.41, 5.74) is 8.99. The van der Waals surface area contributed by atoms with E-state index in [1.165, 1.54) is 4.90 Å². The van der Waals surface area contributed by atoms with Crippen LogP contribution in [0, 0.1) is 6.92 Å². The van der Waals surface area contributed by atoms with Crippen LogP contribution in [0.1, 0.15) is 11.1 Å². The van der Waals surface area contributed by atoms with Crippen LogP contribution in [0.2, 0.25) is 0 Å². The molecule has 0 saturated carbocycles. The number of hydrogen-bond acceptors (Lipinski definition) is 3. The molecule has 2 N–H and O–H groups in total. The van der Waals surface area contributed by atoms with Crippen LogP contribution in [0.4, 0.5) is 18.9 Å². The second-order valence-corrected chi connectivity index (χ2v) is 5.21. The highest BCUT2D eigenvalue weighted by Gasteiger charge is 2.32. The van der Waals surface area contributed by atoms with E-state index in [4.69, 9.17) is 5.73 Å². The molecule has 0 unspecified atom stereocenters. The van der Waals surface area contributed by atoms with Gasteiger partial charge in [-0.3, -0.25) is 4.90 Å². The van der Waals surface area contributed by atoms with Crippen LogP contribution in [-0.2, 0) is 6.54 Å². The molecule has 0 amide bonds. The predicted molar refractivity (Wildman–Crippen MR) is 73.8 cm³/mol. The van der Waals surface area contributed by atoms with Crippen molar-refractivity contribution in [2.75, 3.05) is 37.6 Å². The number of rotatable bonds is 3. The Kier molecular flexibility index (Phi) is 4.55. The van der Waals surface area contributed by atoms with Crippen molar-refractivity contribution in [3.05, 3.63) is 29.3 Å². The Balaban J connectivity index is 2.00. The maximum atomic E-state index is 12.4. The average molecular weight is 287 g/mol. The van der Waals surface area contributed by atoms with Gasteiger partial charge >= 0.3 is 6.18 Å². The van der Waals surface area contributed by atoms with Gasteiger partial charge in [-0.25, -0.2) is 0 Å². The molecule has 0 bridgehead atoms. The Morgan fingerprint density at radius 3 is 2.35 bits per heavy atom. The molecule has 1 heterocycles. The van der Waals surface area contributed by atoms with Gasteiger partial charge < -0.3 is 10.6 Å². The Bertz CT molecular complexity index is 451. The highest BCUT2D eigenvalue weighted by atomic mass is 19.4. The summed E-state index contributed by atoms with van der Waals surface area (Å²) >= 11 is 0. The maximum absolute atomic E-state index is 12.4. The van der Waals surface area contributed by atoms with Gasteiger partial charge in [-0.1, -0.05) is 17.7 Å². The molecule has 3 nitrogen and oxygen atoms in total. The molecule has 1 aromatic carbocycles. The third-order valence-electron chi connectivity index (χ3n) is 3.57. The summed E-state index contributed by atoms with van der Waals surface area (Å²) in [6.07, 6.45) is -4.12. The molecule has 0 aliphatic carbocycles. The van der Waals surface area contributed by atoms with Crippen molar-refractivity contribution >= 4 is 5.69 Å². The van der Waals surface area contributed by atoms with E-state index in [0.29, 0.717) is 32.7 Å². The minimum Gasteiger partial charge on any atom is -0.369 e. The molecule has 1 fully saturated rings. The molecule has 112 valence electrons. The van der Waals surface area contributed by atoms with E-state index in [1.54, 1.807) is 0 Å². The molecule has 1 aliphatic heterocycles. The first-order valence-corrected chi connectivity index (χ1v) is 6.73. The molecule has 20 heavy (non-hydrogen) atoms. The van der Waals surface area contributed by atoms with Gasteiger partial charge in [-0.2, -0.15) is 13.2 Å². The highest BCUT2D eigenvalue weighted by Crippen LogP contribution is 2.24. The normalized spacial score (nSPS) is 17.6. The van der Waals surface area contributed by atoms with Gasteiger partial charge in [-0.05, 0) is 18.6 Å². The van der Waals surface area contributed by atoms with Crippen LogP contribution in [-0.4, -0.2) is 43.8 Å². The van der Waals surface area contributed by atoms with Crippen molar-refractivity contribution in [1.82, 2.24) is 4.90 Å². The van der Waals surface area contributed by atoms with Gasteiger partial charge in [-0.15, -0.1) is 0 Å². The summed E-state index contributed by atoms with van der Waals surface area (Å²) in [5.74, 6) is 0. The van der Waals surface area contributed by atoms with Gasteiger partial charge in [0.25, 0.3) is 0 Å². The fourth-order valence-corrected chi connectivity index (χ4v) is 2.59. The number of nitrogens with zero attached hydrogens (tertiary/aromatic N) is 2. The van der Waals surface area contributed by atoms with E-state index in [-0.39, 0.29) is 0 Å². The van der Waals surface area contributed by atoms with Crippen molar-refractivity contribution in [1.29, 1.82) is 0 Å². The molecule has 0 atom stereocenters. The van der Waals surface area contributed by atoms with Crippen molar-refractivity contribution in [3.63, 3.8) is 0 Å². The summed E-state index contributed by atoms with van der Waals surface area (Å²) in [6, 6.07) is 6.06. The standard InChI is InChI=1S/C14H20F3N3/c1-11-2-3-13(12(8-11)9-18)20-6-4-19(5-7-20)10-14(15,16)17/h2-3,8H,4-7,9-10,18H2,1H3. The quantitative estimate of drug-likeness (QED) is 0.924. The summed E-state index contributed by atoms with van der Waals surface area (Å²) in [6.45, 7) is 3.69. The molecule has 6 heteroatoms. The van der Waals surface area contributed by atoms with Crippen molar-refractivity contribution in [3.8, 4) is 0 Å². The Hall–Kier alpha value is -1.27. The maximum Gasteiger partial charge on any atom is 0.401 e. The van der Waals surface area contributed by atoms with E-state index in [1.807, 2.05) is 25.1 Å². The smallest absolute Gasteiger partial charge is 0.369 e. The van der Waals surface area contributed by atoms with Gasteiger partial charge in [0.2, 0.25) is 0 Å². The van der Waals surface area contributed by atoms with Crippen LogP contribution in [0.3, 0.4) is 0 Å². The van der Waals surface area contributed by atoms with E-state index in [2.05, 4.69) is 4.90 Å². The van der Waals surface area contributed by atoms with E-state index >= 15 is 0 Å². The summed E-state index contributed by atoms with van der Waals surface area (Å²) in [5, 5.41) is 0. The molecular weight excluding hydrogens is 267 g/mol. The van der Waals surface area contributed by atoms with Crippen LogP contribution >= 0.6 is 0 Å². The molecule has 1 saturated heterocycles. The monoisotopic (exact) mass is 287 g/mol. The number of hydrogen-bond donors (Lipinski definition) is 1. The summed E-state index contributed by atoms with van der Waals surface area (Å²) in [7, 11) is 0. The van der Waals surface area contributed by atoms with Gasteiger partial charge in [0, 0.05) is 38.4 Å². The number of aryl methyl sites for hydroxylation is 1. The molecule has 1 aliphatic rings. The second kappa shape index (κ2) is 6.01. The average Bonchev–Trinajstić information content (AvgIpc) is 2.38. The highest BCUT2D eigenvalue weighted by molar-refractivity contribution is 5.55. The van der Waals surface area contributed by atoms with Crippen LogP contribution in [0.25, 0.3) is 0 Å². The van der Waals surface area contributed by atoms with E-state index in [0.717, 1.165) is 16.8 Å². The lowest BCUT2D eigenvalue weighted by atomic mass is 10.1. The van der Waals surface area contributed by atoms with Crippen LogP contribution < -0.4 is 10.6 Å². The summed E-state index contributed by atoms with van der Waals surface area (Å²) < 4.78 is 37.1. The van der Waals surface area contributed by atoms with E-state index < -0.39 is 12.7 Å². The Morgan fingerprint density at radius 2 is 1.80 bits per heavy atom. The molecular formula is C14H20F3N3. The number of halogens is 3. The van der Waals surface area contributed by atoms with Gasteiger partial charge in [0.1, 0.15) is 0 Å². The molecule has 0 radical (unpaired) electrons. The van der Waals surface area contributed by atoms with Crippen LogP contribution in [0.15, 0.2) is 18.2 Å². The first-order valence-electron chi connectivity index (χ1n) is 6.73. The topological polar surface area (TPSA) is 32.5 Å². The zero-order valence-corrected chi connectivity index (χ0v) is 11.6. The minimum atomic E-state index is -4.12. The third-order valence-corrected chi connectivity index (χ3v) is 3.57. The van der Waals surface area contributed by atoms with Gasteiger partial charge in [0.05, 0.1) is 6.54 Å². The minimum absolute atomic E-state index is 0.428. The number of nitrogens with two attached hydrogens (primary N) is 1.